The van der Waals surface area contributed by atoms with Crippen molar-refractivity contribution in [1.29, 1.82) is 0 Å². The molecule has 170 valence electrons. The summed E-state index contributed by atoms with van der Waals surface area (Å²) in [6.07, 6.45) is 11.9. The first-order valence-electron chi connectivity index (χ1n) is 11.7. The van der Waals surface area contributed by atoms with Gasteiger partial charge >= 0.3 is 0 Å². The predicted octanol–water partition coefficient (Wildman–Crippen LogP) is 3.45. The minimum absolute atomic E-state index is 0.0332. The van der Waals surface area contributed by atoms with Crippen LogP contribution >= 0.6 is 0 Å². The highest BCUT2D eigenvalue weighted by Gasteiger charge is 2.57. The summed E-state index contributed by atoms with van der Waals surface area (Å²) in [5, 5.41) is 25.3. The second kappa shape index (κ2) is 8.41. The van der Waals surface area contributed by atoms with Crippen molar-refractivity contribution in [2.45, 2.75) is 55.6 Å². The van der Waals surface area contributed by atoms with Crippen LogP contribution in [0.3, 0.4) is 0 Å². The molecule has 32 heavy (non-hydrogen) atoms. The van der Waals surface area contributed by atoms with Gasteiger partial charge in [0.1, 0.15) is 5.75 Å². The van der Waals surface area contributed by atoms with Crippen molar-refractivity contribution < 1.29 is 19.4 Å². The molecular weight excluding hydrogens is 404 g/mol. The Morgan fingerprint density at radius 1 is 1.25 bits per heavy atom. The van der Waals surface area contributed by atoms with Crippen LogP contribution < -0.4 is 5.32 Å². The van der Waals surface area contributed by atoms with Crippen LogP contribution in [0.4, 0.5) is 0 Å². The van der Waals surface area contributed by atoms with Crippen molar-refractivity contribution in [3.63, 3.8) is 0 Å². The van der Waals surface area contributed by atoms with E-state index in [-0.39, 0.29) is 17.7 Å². The summed E-state index contributed by atoms with van der Waals surface area (Å²) in [5.74, 6) is 0.859. The number of carbonyl (C=O) groups excluding carboxylic acids is 1. The Hall–Kier alpha value is -2.57. The lowest BCUT2D eigenvalue weighted by Gasteiger charge is -2.58. The molecule has 6 nitrogen and oxygen atoms in total. The Morgan fingerprint density at radius 3 is 2.88 bits per heavy atom. The Bertz CT molecular complexity index is 983. The standard InChI is InChI=1S/C26H32N2O4/c29-23-3-1-2-21(14-23)25-11-12-28(16-19-4-5-19)18-26(25,31)10-8-22(15-25)27-24(30)7-6-20-9-13-32-17-20/h1-3,6-7,9,13-14,17,19,22,29,31H,4-5,8,10-12,15-16,18H2,(H,27,30)/t22-,25+,26+/m1/s1. The fourth-order valence-corrected chi connectivity index (χ4v) is 5.80. The molecule has 3 fully saturated rings. The number of furan rings is 1. The molecule has 1 aromatic heterocycles. The first-order valence-corrected chi connectivity index (χ1v) is 11.7. The molecule has 2 aliphatic carbocycles. The third-order valence-electron chi connectivity index (χ3n) is 7.66. The van der Waals surface area contributed by atoms with E-state index in [1.165, 1.54) is 18.9 Å². The van der Waals surface area contributed by atoms with Gasteiger partial charge in [-0.2, -0.15) is 0 Å². The van der Waals surface area contributed by atoms with Crippen molar-refractivity contribution in [2.75, 3.05) is 19.6 Å². The fraction of sp³-hybridized carbons (Fsp3) is 0.500. The minimum atomic E-state index is -0.873. The van der Waals surface area contributed by atoms with Gasteiger partial charge in [-0.3, -0.25) is 4.79 Å². The second-order valence-electron chi connectivity index (χ2n) is 9.93. The van der Waals surface area contributed by atoms with E-state index < -0.39 is 11.0 Å². The smallest absolute Gasteiger partial charge is 0.244 e. The average Bonchev–Trinajstić information content (AvgIpc) is 3.42. The molecule has 2 heterocycles. The number of likely N-dealkylation sites (tertiary alicyclic amines) is 1. The zero-order valence-corrected chi connectivity index (χ0v) is 18.4. The summed E-state index contributed by atoms with van der Waals surface area (Å²) in [7, 11) is 0. The molecular formula is C26H32N2O4. The molecule has 2 aromatic rings. The van der Waals surface area contributed by atoms with Gasteiger partial charge in [0.05, 0.1) is 18.1 Å². The third-order valence-corrected chi connectivity index (χ3v) is 7.66. The van der Waals surface area contributed by atoms with Crippen molar-refractivity contribution in [3.05, 3.63) is 60.1 Å². The number of aromatic hydroxyl groups is 1. The SMILES string of the molecule is O=C(C=Cc1ccoc1)N[C@@H]1CC[C@]2(O)CN(CC3CC3)CC[C@@]2(c2cccc(O)c2)C1. The molecule has 1 aliphatic heterocycles. The maximum Gasteiger partial charge on any atom is 0.244 e. The lowest BCUT2D eigenvalue weighted by molar-refractivity contribution is -0.132. The summed E-state index contributed by atoms with van der Waals surface area (Å²) in [6.45, 7) is 2.65. The van der Waals surface area contributed by atoms with E-state index in [9.17, 15) is 15.0 Å². The molecule has 3 aliphatic rings. The van der Waals surface area contributed by atoms with E-state index >= 15 is 0 Å². The van der Waals surface area contributed by atoms with Crippen LogP contribution in [-0.2, 0) is 10.2 Å². The molecule has 0 unspecified atom stereocenters. The van der Waals surface area contributed by atoms with E-state index in [1.54, 1.807) is 36.8 Å². The number of nitrogens with one attached hydrogen (secondary N) is 1. The van der Waals surface area contributed by atoms with Crippen LogP contribution in [-0.4, -0.2) is 52.3 Å². The van der Waals surface area contributed by atoms with Gasteiger partial charge in [-0.05, 0) is 80.8 Å². The molecule has 1 amide bonds. The zero-order valence-electron chi connectivity index (χ0n) is 18.4. The number of amides is 1. The lowest BCUT2D eigenvalue weighted by atomic mass is 9.55. The molecule has 0 spiro atoms. The number of hydrogen-bond acceptors (Lipinski definition) is 5. The molecule has 1 aromatic carbocycles. The first kappa shape index (κ1) is 21.3. The molecule has 0 radical (unpaired) electrons. The molecule has 3 atom stereocenters. The van der Waals surface area contributed by atoms with E-state index in [0.29, 0.717) is 19.4 Å². The Kier molecular flexibility index (Phi) is 5.59. The number of β-amino-alcohol motifs (C(OH)–C–C–N with tert-alkyl or cyclic N) is 1. The highest BCUT2D eigenvalue weighted by Crippen LogP contribution is 2.52. The van der Waals surface area contributed by atoms with Gasteiger partial charge in [0.25, 0.3) is 0 Å². The summed E-state index contributed by atoms with van der Waals surface area (Å²) in [6, 6.07) is 9.11. The van der Waals surface area contributed by atoms with E-state index in [1.807, 2.05) is 12.1 Å². The third kappa shape index (κ3) is 4.21. The molecule has 2 saturated carbocycles. The Labute approximate surface area is 188 Å². The minimum Gasteiger partial charge on any atom is -0.508 e. The quantitative estimate of drug-likeness (QED) is 0.604. The first-order chi connectivity index (χ1) is 15.5. The predicted molar refractivity (Wildman–Crippen MR) is 122 cm³/mol. The van der Waals surface area contributed by atoms with Gasteiger partial charge in [-0.25, -0.2) is 0 Å². The number of hydrogen-bond donors (Lipinski definition) is 3. The number of piperidine rings is 1. The summed E-state index contributed by atoms with van der Waals surface area (Å²) < 4.78 is 5.04. The number of rotatable bonds is 6. The summed E-state index contributed by atoms with van der Waals surface area (Å²) >= 11 is 0. The molecule has 6 heteroatoms. The Morgan fingerprint density at radius 2 is 2.12 bits per heavy atom. The number of phenolic OH excluding ortho intramolecular Hbond substituents is 1. The van der Waals surface area contributed by atoms with Crippen LogP contribution in [0.5, 0.6) is 5.75 Å². The van der Waals surface area contributed by atoms with Crippen molar-refractivity contribution >= 4 is 12.0 Å². The number of aliphatic hydroxyl groups is 1. The summed E-state index contributed by atoms with van der Waals surface area (Å²) in [4.78, 5) is 15.0. The maximum absolute atomic E-state index is 12.6. The highest BCUT2D eigenvalue weighted by molar-refractivity contribution is 5.91. The van der Waals surface area contributed by atoms with Crippen LogP contribution in [0.2, 0.25) is 0 Å². The molecule has 3 N–H and O–H groups in total. The number of nitrogens with zero attached hydrogens (tertiary/aromatic N) is 1. The van der Waals surface area contributed by atoms with Crippen LogP contribution in [0.1, 0.15) is 49.7 Å². The summed E-state index contributed by atoms with van der Waals surface area (Å²) in [5.41, 5.74) is 0.453. The molecule has 0 bridgehead atoms. The fourth-order valence-electron chi connectivity index (χ4n) is 5.80. The van der Waals surface area contributed by atoms with Crippen molar-refractivity contribution in [2.24, 2.45) is 5.92 Å². The van der Waals surface area contributed by atoms with Gasteiger partial charge in [-0.1, -0.05) is 12.1 Å². The van der Waals surface area contributed by atoms with Crippen molar-refractivity contribution in [1.82, 2.24) is 10.2 Å². The normalized spacial score (nSPS) is 30.8. The van der Waals surface area contributed by atoms with Gasteiger partial charge in [-0.15, -0.1) is 0 Å². The van der Waals surface area contributed by atoms with Crippen molar-refractivity contribution in [3.8, 4) is 5.75 Å². The van der Waals surface area contributed by atoms with Crippen LogP contribution in [0, 0.1) is 5.92 Å². The molecule has 5 rings (SSSR count). The van der Waals surface area contributed by atoms with Gasteiger partial charge in [0, 0.05) is 36.2 Å². The number of fused-ring (bicyclic) bond motifs is 1. The Balaban J connectivity index is 1.36. The molecule has 1 saturated heterocycles. The largest absolute Gasteiger partial charge is 0.508 e. The van der Waals surface area contributed by atoms with Gasteiger partial charge in [0.2, 0.25) is 5.91 Å². The van der Waals surface area contributed by atoms with E-state index in [4.69, 9.17) is 4.42 Å². The second-order valence-corrected chi connectivity index (χ2v) is 9.93. The zero-order chi connectivity index (χ0) is 22.2. The van der Waals surface area contributed by atoms with E-state index in [0.717, 1.165) is 43.0 Å². The lowest BCUT2D eigenvalue weighted by Crippen LogP contribution is -2.67. The maximum atomic E-state index is 12.6. The highest BCUT2D eigenvalue weighted by atomic mass is 16.3. The number of phenols is 1. The monoisotopic (exact) mass is 436 g/mol. The van der Waals surface area contributed by atoms with E-state index in [2.05, 4.69) is 10.2 Å². The van der Waals surface area contributed by atoms with Gasteiger partial charge < -0.3 is 24.8 Å². The number of carbonyl (C=O) groups is 1. The van der Waals surface area contributed by atoms with Crippen LogP contribution in [0.25, 0.3) is 6.08 Å². The average molecular weight is 437 g/mol. The van der Waals surface area contributed by atoms with Crippen LogP contribution in [0.15, 0.2) is 53.4 Å². The number of benzene rings is 1. The van der Waals surface area contributed by atoms with Gasteiger partial charge in [0.15, 0.2) is 0 Å². The topological polar surface area (TPSA) is 85.9 Å².